The molecule has 0 aliphatic rings. The van der Waals surface area contributed by atoms with Gasteiger partial charge in [0, 0.05) is 0 Å². The van der Waals surface area contributed by atoms with Gasteiger partial charge >= 0.3 is 0 Å². The third-order valence-electron chi connectivity index (χ3n) is 0.167. The van der Waals surface area contributed by atoms with E-state index in [1.165, 1.54) is 0 Å². The molecule has 0 nitrogen and oxygen atoms in total. The van der Waals surface area contributed by atoms with E-state index >= 15 is 0 Å². The van der Waals surface area contributed by atoms with Crippen molar-refractivity contribution in [1.82, 2.24) is 0 Å². The van der Waals surface area contributed by atoms with Gasteiger partial charge in [-0.1, -0.05) is 6.08 Å². The van der Waals surface area contributed by atoms with E-state index in [0.717, 1.165) is 0 Å². The van der Waals surface area contributed by atoms with E-state index in [1.54, 1.807) is 5.70 Å². The molecule has 0 heterocycles. The van der Waals surface area contributed by atoms with Crippen molar-refractivity contribution in [1.29, 1.82) is 0 Å². The van der Waals surface area contributed by atoms with Gasteiger partial charge in [-0.25, -0.2) is 0 Å². The van der Waals surface area contributed by atoms with Crippen LogP contribution in [0.3, 0.4) is 0 Å². The van der Waals surface area contributed by atoms with Crippen molar-refractivity contribution in [3.63, 3.8) is 0 Å². The summed E-state index contributed by atoms with van der Waals surface area (Å²) in [6.45, 7) is 1.95. The van der Waals surface area contributed by atoms with Crippen LogP contribution in [-0.2, 0) is 0 Å². The maximum Gasteiger partial charge on any atom is 0.0596 e. The molecule has 0 aliphatic heterocycles. The van der Waals surface area contributed by atoms with Crippen molar-refractivity contribution in [2.24, 2.45) is 0 Å². The molecular formula is C3H5Si. The smallest absolute Gasteiger partial charge is 0.0596 e. The van der Waals surface area contributed by atoms with Gasteiger partial charge in [-0.15, -0.1) is 5.70 Å². The Labute approximate surface area is 30.0 Å². The molecule has 0 bridgehead atoms. The Hall–Kier alpha value is -0.0431. The molecule has 0 saturated carbocycles. The van der Waals surface area contributed by atoms with Gasteiger partial charge in [-0.2, -0.15) is 0 Å². The fourth-order valence-corrected chi connectivity index (χ4v) is 0. The van der Waals surface area contributed by atoms with Gasteiger partial charge in [-0.05, 0) is 6.92 Å². The second-order valence-corrected chi connectivity index (χ2v) is 0.833. The van der Waals surface area contributed by atoms with Crippen LogP contribution >= 0.6 is 0 Å². The first kappa shape index (κ1) is 3.96. The Morgan fingerprint density at radius 2 is 2.00 bits per heavy atom. The molecule has 0 fully saturated rings. The Balaban J connectivity index is 2.55. The Bertz CT molecular complexity index is 18.5. The van der Waals surface area contributed by atoms with Gasteiger partial charge in [0.25, 0.3) is 0 Å². The van der Waals surface area contributed by atoms with Gasteiger partial charge in [0.2, 0.25) is 0 Å². The highest BCUT2D eigenvalue weighted by molar-refractivity contribution is 6.16. The quantitative estimate of drug-likeness (QED) is 0.367. The highest BCUT2D eigenvalue weighted by Gasteiger charge is 1.35. The second-order valence-electron chi connectivity index (χ2n) is 0.500. The molecule has 1 heteroatoms. The number of allylic oxidation sites excluding steroid dienone is 1. The van der Waals surface area contributed by atoms with Crippen molar-refractivity contribution >= 4 is 10.2 Å². The van der Waals surface area contributed by atoms with Crippen molar-refractivity contribution in [3.05, 3.63) is 11.8 Å². The summed E-state index contributed by atoms with van der Waals surface area (Å²) in [5, 5.41) is 0. The van der Waals surface area contributed by atoms with Crippen molar-refractivity contribution in [2.45, 2.75) is 6.92 Å². The summed E-state index contributed by atoms with van der Waals surface area (Å²) in [4.78, 5) is 0. The molecule has 0 amide bonds. The van der Waals surface area contributed by atoms with E-state index < -0.39 is 0 Å². The van der Waals surface area contributed by atoms with E-state index in [4.69, 9.17) is 0 Å². The summed E-state index contributed by atoms with van der Waals surface area (Å²) in [7, 11) is 3.11. The second kappa shape index (κ2) is 2.96. The summed E-state index contributed by atoms with van der Waals surface area (Å²) >= 11 is 0. The fourth-order valence-electron chi connectivity index (χ4n) is 0. The maximum absolute atomic E-state index is 3.11. The molecule has 0 aromatic heterocycles. The molecule has 0 saturated heterocycles. The van der Waals surface area contributed by atoms with Crippen LogP contribution in [0, 0.1) is 0 Å². The minimum Gasteiger partial charge on any atom is -0.106 e. The molecule has 0 unspecified atom stereocenters. The zero-order chi connectivity index (χ0) is 3.41. The van der Waals surface area contributed by atoms with Crippen LogP contribution in [0.4, 0.5) is 0 Å². The first-order valence-electron chi connectivity index (χ1n) is 1.20. The molecule has 21 valence electrons. The molecule has 4 heavy (non-hydrogen) atoms. The minimum absolute atomic E-state index is 1.81. The lowest BCUT2D eigenvalue weighted by Crippen LogP contribution is -1.39. The predicted octanol–water partition coefficient (Wildman–Crippen LogP) is 0.689. The van der Waals surface area contributed by atoms with E-state index in [2.05, 4.69) is 10.2 Å². The van der Waals surface area contributed by atoms with E-state index in [1.807, 2.05) is 13.0 Å². The zero-order valence-electron chi connectivity index (χ0n) is 2.65. The normalized spacial score (nSPS) is 9.50. The van der Waals surface area contributed by atoms with E-state index in [0.29, 0.717) is 0 Å². The van der Waals surface area contributed by atoms with Crippen LogP contribution < -0.4 is 0 Å². The van der Waals surface area contributed by atoms with Gasteiger partial charge in [0.05, 0.1) is 10.2 Å². The third-order valence-corrected chi connectivity index (χ3v) is 0.500. The third kappa shape index (κ3) is 1.96. The topological polar surface area (TPSA) is 0 Å². The molecule has 0 rings (SSSR count). The van der Waals surface area contributed by atoms with Gasteiger partial charge in [0.15, 0.2) is 0 Å². The van der Waals surface area contributed by atoms with Crippen LogP contribution in [-0.4, -0.2) is 10.2 Å². The first-order chi connectivity index (χ1) is 1.91. The summed E-state index contributed by atoms with van der Waals surface area (Å²) in [6.07, 6.45) is 1.91. The largest absolute Gasteiger partial charge is 0.106 e. The van der Waals surface area contributed by atoms with Crippen molar-refractivity contribution < 1.29 is 0 Å². The van der Waals surface area contributed by atoms with E-state index in [9.17, 15) is 0 Å². The molecule has 0 aromatic rings. The van der Waals surface area contributed by atoms with Gasteiger partial charge in [-0.3, -0.25) is 0 Å². The van der Waals surface area contributed by atoms with Crippen LogP contribution in [0.15, 0.2) is 11.8 Å². The molecule has 0 atom stereocenters. The number of hydrogen-bond acceptors (Lipinski definition) is 0. The van der Waals surface area contributed by atoms with Crippen molar-refractivity contribution in [3.8, 4) is 0 Å². The number of hydrogen-bond donors (Lipinski definition) is 0. The molecule has 0 N–H and O–H groups in total. The average Bonchev–Trinajstić information content (AvgIpc) is 1.37. The van der Waals surface area contributed by atoms with Crippen molar-refractivity contribution in [2.75, 3.05) is 0 Å². The lowest BCUT2D eigenvalue weighted by Gasteiger charge is -1.48. The summed E-state index contributed by atoms with van der Waals surface area (Å²) in [5.41, 5.74) is 1.81. The van der Waals surface area contributed by atoms with Crippen LogP contribution in [0.1, 0.15) is 6.92 Å². The average molecular weight is 69.2 g/mol. The Morgan fingerprint density at radius 3 is 2.00 bits per heavy atom. The minimum atomic E-state index is 1.81. The highest BCUT2D eigenvalue weighted by Crippen LogP contribution is 1.50. The first-order valence-corrected chi connectivity index (χ1v) is 1.78. The SMILES string of the molecule is CC=C[Si]. The fraction of sp³-hybridized carbons (Fsp3) is 0.333. The maximum atomic E-state index is 3.11. The highest BCUT2D eigenvalue weighted by atomic mass is 28.1. The lowest BCUT2D eigenvalue weighted by molar-refractivity contribution is 1.78. The lowest BCUT2D eigenvalue weighted by atomic mass is 10.8. The zero-order valence-corrected chi connectivity index (χ0v) is 3.65. The summed E-state index contributed by atoms with van der Waals surface area (Å²) in [5.74, 6) is 0. The summed E-state index contributed by atoms with van der Waals surface area (Å²) < 4.78 is 0. The summed E-state index contributed by atoms with van der Waals surface area (Å²) in [6, 6.07) is 0. The number of rotatable bonds is 0. The Morgan fingerprint density at radius 1 is 1.75 bits per heavy atom. The molecule has 0 aromatic carbocycles. The van der Waals surface area contributed by atoms with Gasteiger partial charge in [0.1, 0.15) is 0 Å². The monoisotopic (exact) mass is 69.0 g/mol. The van der Waals surface area contributed by atoms with Crippen LogP contribution in [0.5, 0.6) is 0 Å². The van der Waals surface area contributed by atoms with E-state index in [-0.39, 0.29) is 0 Å². The predicted molar refractivity (Wildman–Crippen MR) is 20.6 cm³/mol. The van der Waals surface area contributed by atoms with Crippen LogP contribution in [0.2, 0.25) is 0 Å². The molecule has 3 radical (unpaired) electrons. The molecular weight excluding hydrogens is 64.1 g/mol. The van der Waals surface area contributed by atoms with Crippen LogP contribution in [0.25, 0.3) is 0 Å². The molecule has 0 aliphatic carbocycles. The Kier molecular flexibility index (Phi) is 2.93. The standard InChI is InChI=1S/C3H5Si/c1-2-3-4/h2-3H,1H3. The van der Waals surface area contributed by atoms with Gasteiger partial charge < -0.3 is 0 Å². The molecule has 0 spiro atoms.